The first kappa shape index (κ1) is 74.0. The number of nitrogens with one attached hydrogen (secondary N) is 4. The normalized spacial score (nSPS) is 47.6. The number of aliphatic hydroxyl groups excluding tert-OH is 18. The van der Waals surface area contributed by atoms with Gasteiger partial charge in [0.2, 0.25) is 23.6 Å². The molecule has 0 aromatic carbocycles. The molecule has 0 aromatic rings. The van der Waals surface area contributed by atoms with Crippen LogP contribution in [0.2, 0.25) is 0 Å². The Hall–Kier alpha value is -3.36. The second-order valence-corrected chi connectivity index (χ2v) is 22.9. The molecule has 7 rings (SSSR count). The van der Waals surface area contributed by atoms with Gasteiger partial charge in [-0.3, -0.25) is 19.2 Å². The van der Waals surface area contributed by atoms with Crippen molar-refractivity contribution in [1.82, 2.24) is 21.3 Å². The van der Waals surface area contributed by atoms with Gasteiger partial charge in [-0.25, -0.2) is 0 Å². The van der Waals surface area contributed by atoms with E-state index in [1.807, 2.05) is 0 Å². The van der Waals surface area contributed by atoms with Crippen LogP contribution in [0.3, 0.4) is 0 Å². The van der Waals surface area contributed by atoms with E-state index in [1.165, 1.54) is 6.92 Å². The molecule has 7 heterocycles. The van der Waals surface area contributed by atoms with Gasteiger partial charge < -0.3 is 175 Å². The van der Waals surface area contributed by atoms with Crippen LogP contribution in [0.15, 0.2) is 0 Å². The topological polar surface area (TPSA) is 601 Å². The third-order valence-corrected chi connectivity index (χ3v) is 16.4. The maximum atomic E-state index is 12.8. The summed E-state index contributed by atoms with van der Waals surface area (Å²) in [4.78, 5) is 49.7. The fraction of sp³-hybridized carbons (Fsp3) is 0.922. The molecule has 22 N–H and O–H groups in total. The van der Waals surface area contributed by atoms with E-state index in [0.29, 0.717) is 0 Å². The molecule has 0 aliphatic carbocycles. The highest BCUT2D eigenvalue weighted by Crippen LogP contribution is 2.38. The fourth-order valence-corrected chi connectivity index (χ4v) is 11.7. The number of hydrogen-bond donors (Lipinski definition) is 22. The monoisotopic (exact) mass is 1310 g/mol. The number of ether oxygens (including phenoxy) is 13. The summed E-state index contributed by atoms with van der Waals surface area (Å²) in [6, 6.07) is -6.32. The molecule has 39 heteroatoms. The van der Waals surface area contributed by atoms with Gasteiger partial charge in [0.15, 0.2) is 37.7 Å². The van der Waals surface area contributed by atoms with Gasteiger partial charge in [-0.1, -0.05) is 0 Å². The third kappa shape index (κ3) is 16.5. The molecular formula is C51H86N4O35. The van der Waals surface area contributed by atoms with E-state index in [1.54, 1.807) is 0 Å². The van der Waals surface area contributed by atoms with Gasteiger partial charge in [0.25, 0.3) is 0 Å². The van der Waals surface area contributed by atoms with E-state index in [0.717, 1.165) is 27.7 Å². The summed E-state index contributed by atoms with van der Waals surface area (Å²) in [5.74, 6) is -3.06. The van der Waals surface area contributed by atoms with Crippen molar-refractivity contribution in [2.24, 2.45) is 0 Å². The van der Waals surface area contributed by atoms with Crippen LogP contribution in [0.25, 0.3) is 0 Å². The first-order valence-corrected chi connectivity index (χ1v) is 28.9. The number of hydrogen-bond acceptors (Lipinski definition) is 35. The molecule has 7 saturated heterocycles. The van der Waals surface area contributed by atoms with Gasteiger partial charge >= 0.3 is 0 Å². The van der Waals surface area contributed by atoms with E-state index >= 15 is 0 Å². The van der Waals surface area contributed by atoms with Gasteiger partial charge in [0.1, 0.15) is 165 Å². The SMILES string of the molecule is CC(=O)NC1C(O)[C@H](O)C(CO)O[C@H]1OC1[C@@H](OCC2O[C@@H](O[C@@H]3C(CO)O[C@@H](O[C@@H]4C(CO)O[C@@H](C)C(NC(C)=O)[C@H]4O)C(NC(C)=O)[C@H]3O)C(O)[C@@H](O[C@H]3O[C@H](CO)[C@@H](O)C(O)C3O[C@@H]3OC(CO)[C@@H](O)[C@H](O)C3NC(C)=O)[C@@H]2O)OC(CO)[C@@H](O)[C@@H]1O. The Labute approximate surface area is 512 Å². The Morgan fingerprint density at radius 3 is 1.02 bits per heavy atom. The van der Waals surface area contributed by atoms with E-state index in [9.17, 15) is 111 Å². The van der Waals surface area contributed by atoms with E-state index in [4.69, 9.17) is 61.6 Å². The van der Waals surface area contributed by atoms with Crippen LogP contribution >= 0.6 is 0 Å². The van der Waals surface area contributed by atoms with Gasteiger partial charge in [0.05, 0.1) is 58.4 Å². The largest absolute Gasteiger partial charge is 0.394 e. The molecule has 0 spiro atoms. The second kappa shape index (κ2) is 32.4. The highest BCUT2D eigenvalue weighted by atomic mass is 16.8. The maximum absolute atomic E-state index is 12.8. The Kier molecular flexibility index (Phi) is 26.6. The first-order chi connectivity index (χ1) is 42.5. The van der Waals surface area contributed by atoms with Crippen LogP contribution in [0.4, 0.5) is 0 Å². The molecule has 90 heavy (non-hydrogen) atoms. The van der Waals surface area contributed by atoms with Crippen LogP contribution in [0.1, 0.15) is 34.6 Å². The van der Waals surface area contributed by atoms with Gasteiger partial charge in [-0.15, -0.1) is 0 Å². The summed E-state index contributed by atoms with van der Waals surface area (Å²) in [6.07, 6.45) is -59.7. The van der Waals surface area contributed by atoms with E-state index in [2.05, 4.69) is 21.3 Å². The summed E-state index contributed by atoms with van der Waals surface area (Å²) >= 11 is 0. The minimum Gasteiger partial charge on any atom is -0.394 e. The highest BCUT2D eigenvalue weighted by molar-refractivity contribution is 5.74. The Morgan fingerprint density at radius 1 is 0.300 bits per heavy atom. The zero-order chi connectivity index (χ0) is 66.5. The molecular weight excluding hydrogens is 1230 g/mol. The molecule has 0 saturated carbocycles. The summed E-state index contributed by atoms with van der Waals surface area (Å²) in [5.41, 5.74) is 0. The van der Waals surface area contributed by atoms with Crippen LogP contribution in [-0.2, 0) is 80.8 Å². The predicted molar refractivity (Wildman–Crippen MR) is 282 cm³/mol. The van der Waals surface area contributed by atoms with Crippen molar-refractivity contribution in [3.63, 3.8) is 0 Å². The molecule has 4 amide bonds. The van der Waals surface area contributed by atoms with Crippen molar-refractivity contribution < 1.29 is 173 Å². The zero-order valence-electron chi connectivity index (χ0n) is 49.1. The Morgan fingerprint density at radius 2 is 0.600 bits per heavy atom. The van der Waals surface area contributed by atoms with Crippen molar-refractivity contribution in [2.45, 2.75) is 249 Å². The van der Waals surface area contributed by atoms with E-state index < -0.39 is 284 Å². The molecule has 7 aliphatic heterocycles. The Balaban J connectivity index is 1.25. The van der Waals surface area contributed by atoms with Crippen LogP contribution in [-0.4, -0.2) is 376 Å². The molecule has 0 radical (unpaired) electrons. The average molecular weight is 1320 g/mol. The minimum atomic E-state index is -2.42. The van der Waals surface area contributed by atoms with Crippen LogP contribution in [0.5, 0.6) is 0 Å². The molecule has 39 nitrogen and oxygen atoms in total. The summed E-state index contributed by atoms with van der Waals surface area (Å²) < 4.78 is 77.4. The number of aliphatic hydroxyl groups is 18. The maximum Gasteiger partial charge on any atom is 0.217 e. The summed E-state index contributed by atoms with van der Waals surface area (Å²) in [5, 5.41) is 209. The molecule has 0 aromatic heterocycles. The fourth-order valence-electron chi connectivity index (χ4n) is 11.7. The zero-order valence-corrected chi connectivity index (χ0v) is 49.1. The van der Waals surface area contributed by atoms with Crippen molar-refractivity contribution in [3.05, 3.63) is 0 Å². The lowest BCUT2D eigenvalue weighted by atomic mass is 9.92. The summed E-state index contributed by atoms with van der Waals surface area (Å²) in [7, 11) is 0. The van der Waals surface area contributed by atoms with Crippen molar-refractivity contribution in [3.8, 4) is 0 Å². The molecule has 520 valence electrons. The number of carbonyl (C=O) groups excluding carboxylic acids is 4. The highest BCUT2D eigenvalue weighted by Gasteiger charge is 2.59. The Bertz CT molecular complexity index is 2310. The lowest BCUT2D eigenvalue weighted by Crippen LogP contribution is -2.70. The average Bonchev–Trinajstić information content (AvgIpc) is 0.859. The standard InChI is InChI=1S/C51H86N4O35/c1-13-25(52-14(2)62)36(73)41(22(10-60)79-13)86-48-28(55-17(5)65)37(74)42(23(11-61)84-48)87-49-40(77)43(88-51-45(39(76)32(69)21(9-59)83-51)90-47-27(54-16(4)64)35(72)30(67)19(7-57)81-47)33(70)24(85-49)12-78-50-44(38(75)31(68)20(8-58)82-50)89-46-26(53-15(3)63)34(71)29(66)18(6-56)80-46/h13,18-51,56-61,66-77H,6-12H2,1-5H3,(H,52,62)(H,53,63)(H,54,64)(H,55,65)/t13-,18?,19?,20?,21+,22?,23?,24?,25?,26?,27?,28?,29+,30+,31+,32+,33+,34?,35+,36+,37+,38-,39?,40?,41+,42+,43-,44?,45?,46-,47-,48-,49-,50-,51+/m0/s1. The lowest BCUT2D eigenvalue weighted by molar-refractivity contribution is -0.395. The minimum absolute atomic E-state index is 0.591. The van der Waals surface area contributed by atoms with Crippen molar-refractivity contribution in [1.29, 1.82) is 0 Å². The van der Waals surface area contributed by atoms with Crippen LogP contribution in [0, 0.1) is 0 Å². The van der Waals surface area contributed by atoms with Gasteiger partial charge in [-0.05, 0) is 6.92 Å². The summed E-state index contributed by atoms with van der Waals surface area (Å²) in [6.45, 7) is -1.24. The number of carbonyl (C=O) groups is 4. The molecule has 0 bridgehead atoms. The first-order valence-electron chi connectivity index (χ1n) is 28.9. The lowest BCUT2D eigenvalue weighted by Gasteiger charge is -2.51. The van der Waals surface area contributed by atoms with Crippen molar-refractivity contribution >= 4 is 23.6 Å². The van der Waals surface area contributed by atoms with Gasteiger partial charge in [-0.2, -0.15) is 0 Å². The van der Waals surface area contributed by atoms with Crippen LogP contribution < -0.4 is 21.3 Å². The van der Waals surface area contributed by atoms with Gasteiger partial charge in [0, 0.05) is 27.7 Å². The molecule has 7 fully saturated rings. The number of amides is 4. The van der Waals surface area contributed by atoms with Crippen molar-refractivity contribution in [2.75, 3.05) is 46.2 Å². The smallest absolute Gasteiger partial charge is 0.217 e. The quantitative estimate of drug-likeness (QED) is 0.0452. The van der Waals surface area contributed by atoms with E-state index in [-0.39, 0.29) is 0 Å². The second-order valence-electron chi connectivity index (χ2n) is 22.9. The molecule has 15 unspecified atom stereocenters. The molecule has 35 atom stereocenters. The predicted octanol–water partition coefficient (Wildman–Crippen LogP) is -14.6. The molecule has 7 aliphatic rings. The third-order valence-electron chi connectivity index (χ3n) is 16.4. The number of rotatable bonds is 23.